The number of rotatable bonds is 8. The topological polar surface area (TPSA) is 69.6 Å². The summed E-state index contributed by atoms with van der Waals surface area (Å²) in [6.07, 6.45) is 0.298. The van der Waals surface area contributed by atoms with Crippen molar-refractivity contribution < 1.29 is 15.0 Å². The zero-order valence-electron chi connectivity index (χ0n) is 12.8. The first-order valence-electron chi connectivity index (χ1n) is 6.69. The van der Waals surface area contributed by atoms with Gasteiger partial charge in [0.05, 0.1) is 18.5 Å². The Hall–Kier alpha value is -0.260. The molecule has 3 N–H and O–H groups in total. The maximum absolute atomic E-state index is 11.6. The van der Waals surface area contributed by atoms with Crippen molar-refractivity contribution in [2.75, 3.05) is 24.7 Å². The summed E-state index contributed by atoms with van der Waals surface area (Å²) in [4.78, 5) is 11.6. The maximum atomic E-state index is 11.6. The first kappa shape index (κ1) is 18.7. The van der Waals surface area contributed by atoms with Gasteiger partial charge in [-0.3, -0.25) is 4.79 Å². The highest BCUT2D eigenvalue weighted by Gasteiger charge is 2.25. The van der Waals surface area contributed by atoms with Crippen molar-refractivity contribution >= 4 is 17.7 Å². The molecule has 19 heavy (non-hydrogen) atoms. The van der Waals surface area contributed by atoms with Crippen LogP contribution in [0.5, 0.6) is 0 Å². The molecule has 1 atom stereocenters. The Balaban J connectivity index is 3.89. The standard InChI is InChI=1S/C14H29NO3S/c1-13(2,3)9-14(4,5)10-15-12(18)8-19-7-11(17)6-16/h11,16-17H,6-10H2,1-5H3,(H,15,18). The molecule has 0 aliphatic carbocycles. The van der Waals surface area contributed by atoms with E-state index < -0.39 is 6.10 Å². The molecule has 0 aromatic heterocycles. The summed E-state index contributed by atoms with van der Waals surface area (Å²) in [6, 6.07) is 0. The Morgan fingerprint density at radius 2 is 1.84 bits per heavy atom. The van der Waals surface area contributed by atoms with Crippen LogP contribution >= 0.6 is 11.8 Å². The van der Waals surface area contributed by atoms with Gasteiger partial charge in [0.25, 0.3) is 0 Å². The summed E-state index contributed by atoms with van der Waals surface area (Å²) < 4.78 is 0. The van der Waals surface area contributed by atoms with Crippen LogP contribution in [0.3, 0.4) is 0 Å². The number of carbonyl (C=O) groups excluding carboxylic acids is 1. The van der Waals surface area contributed by atoms with Gasteiger partial charge in [0, 0.05) is 12.3 Å². The van der Waals surface area contributed by atoms with Crippen molar-refractivity contribution in [1.82, 2.24) is 5.32 Å². The van der Waals surface area contributed by atoms with Gasteiger partial charge in [0.2, 0.25) is 5.91 Å². The quantitative estimate of drug-likeness (QED) is 0.636. The second kappa shape index (κ2) is 8.12. The van der Waals surface area contributed by atoms with E-state index in [4.69, 9.17) is 10.2 Å². The number of aliphatic hydroxyl groups excluding tert-OH is 2. The van der Waals surface area contributed by atoms with Crippen LogP contribution in [-0.2, 0) is 4.79 Å². The van der Waals surface area contributed by atoms with Crippen molar-refractivity contribution in [2.24, 2.45) is 10.8 Å². The van der Waals surface area contributed by atoms with E-state index >= 15 is 0 Å². The minimum absolute atomic E-state index is 0.0166. The van der Waals surface area contributed by atoms with Crippen LogP contribution in [0.1, 0.15) is 41.0 Å². The van der Waals surface area contributed by atoms with E-state index in [0.717, 1.165) is 6.42 Å². The molecule has 0 aromatic rings. The van der Waals surface area contributed by atoms with Crippen molar-refractivity contribution in [2.45, 2.75) is 47.1 Å². The number of aliphatic hydroxyl groups is 2. The average molecular weight is 291 g/mol. The van der Waals surface area contributed by atoms with Gasteiger partial charge >= 0.3 is 0 Å². The number of hydrogen-bond donors (Lipinski definition) is 3. The molecule has 0 bridgehead atoms. The monoisotopic (exact) mass is 291 g/mol. The summed E-state index contributed by atoms with van der Waals surface area (Å²) in [6.45, 7) is 11.3. The Morgan fingerprint density at radius 3 is 2.32 bits per heavy atom. The van der Waals surface area contributed by atoms with Gasteiger partial charge in [0.15, 0.2) is 0 Å². The fourth-order valence-electron chi connectivity index (χ4n) is 2.23. The molecule has 0 aromatic carbocycles. The number of carbonyl (C=O) groups is 1. The van der Waals surface area contributed by atoms with Gasteiger partial charge in [-0.05, 0) is 17.3 Å². The highest BCUT2D eigenvalue weighted by atomic mass is 32.2. The molecule has 114 valence electrons. The molecule has 0 aliphatic rings. The second-order valence-corrected chi connectivity index (χ2v) is 8.06. The molecule has 0 rings (SSSR count). The number of amides is 1. The van der Waals surface area contributed by atoms with Gasteiger partial charge in [0.1, 0.15) is 0 Å². The van der Waals surface area contributed by atoms with Crippen LogP contribution < -0.4 is 5.32 Å². The van der Waals surface area contributed by atoms with E-state index in [2.05, 4.69) is 39.9 Å². The second-order valence-electron chi connectivity index (χ2n) is 7.03. The van der Waals surface area contributed by atoms with Crippen molar-refractivity contribution in [3.05, 3.63) is 0 Å². The first-order chi connectivity index (χ1) is 8.56. The summed E-state index contributed by atoms with van der Waals surface area (Å²) in [7, 11) is 0. The van der Waals surface area contributed by atoms with E-state index in [0.29, 0.717) is 18.1 Å². The molecule has 0 fully saturated rings. The van der Waals surface area contributed by atoms with E-state index in [-0.39, 0.29) is 23.3 Å². The summed E-state index contributed by atoms with van der Waals surface area (Å²) in [5.41, 5.74) is 0.317. The van der Waals surface area contributed by atoms with Crippen LogP contribution in [0.2, 0.25) is 0 Å². The number of hydrogen-bond acceptors (Lipinski definition) is 4. The lowest BCUT2D eigenvalue weighted by molar-refractivity contribution is -0.119. The largest absolute Gasteiger partial charge is 0.394 e. The van der Waals surface area contributed by atoms with Gasteiger partial charge < -0.3 is 15.5 Å². The lowest BCUT2D eigenvalue weighted by Gasteiger charge is -2.32. The lowest BCUT2D eigenvalue weighted by Crippen LogP contribution is -2.37. The molecule has 0 saturated carbocycles. The minimum atomic E-state index is -0.741. The Morgan fingerprint density at radius 1 is 1.26 bits per heavy atom. The molecule has 0 heterocycles. The molecule has 1 amide bonds. The Labute approximate surface area is 121 Å². The van der Waals surface area contributed by atoms with Crippen molar-refractivity contribution in [1.29, 1.82) is 0 Å². The zero-order valence-corrected chi connectivity index (χ0v) is 13.6. The third kappa shape index (κ3) is 11.3. The highest BCUT2D eigenvalue weighted by molar-refractivity contribution is 7.99. The van der Waals surface area contributed by atoms with Crippen LogP contribution in [-0.4, -0.2) is 46.9 Å². The summed E-state index contributed by atoms with van der Waals surface area (Å²) in [5, 5.41) is 20.7. The predicted molar refractivity (Wildman–Crippen MR) is 81.3 cm³/mol. The molecule has 4 nitrogen and oxygen atoms in total. The van der Waals surface area contributed by atoms with E-state index in [1.165, 1.54) is 11.8 Å². The van der Waals surface area contributed by atoms with Crippen molar-refractivity contribution in [3.63, 3.8) is 0 Å². The van der Waals surface area contributed by atoms with Crippen LogP contribution in [0.25, 0.3) is 0 Å². The van der Waals surface area contributed by atoms with Crippen molar-refractivity contribution in [3.8, 4) is 0 Å². The molecule has 0 saturated heterocycles. The average Bonchev–Trinajstić information content (AvgIpc) is 2.23. The van der Waals surface area contributed by atoms with Gasteiger partial charge in [-0.1, -0.05) is 34.6 Å². The first-order valence-corrected chi connectivity index (χ1v) is 7.84. The van der Waals surface area contributed by atoms with Crippen LogP contribution in [0, 0.1) is 10.8 Å². The molecule has 1 unspecified atom stereocenters. The summed E-state index contributed by atoms with van der Waals surface area (Å²) in [5.74, 6) is 0.690. The SMILES string of the molecule is CC(C)(C)CC(C)(C)CNC(=O)CSCC(O)CO. The molecule has 0 spiro atoms. The molecule has 0 aliphatic heterocycles. The molecular formula is C14H29NO3S. The van der Waals surface area contributed by atoms with Crippen LogP contribution in [0.15, 0.2) is 0 Å². The fourth-order valence-corrected chi connectivity index (χ4v) is 3.01. The minimum Gasteiger partial charge on any atom is -0.394 e. The summed E-state index contributed by atoms with van der Waals surface area (Å²) >= 11 is 1.34. The third-order valence-corrected chi connectivity index (χ3v) is 3.61. The zero-order chi connectivity index (χ0) is 15.1. The highest BCUT2D eigenvalue weighted by Crippen LogP contribution is 2.32. The van der Waals surface area contributed by atoms with E-state index in [9.17, 15) is 4.79 Å². The van der Waals surface area contributed by atoms with E-state index in [1.807, 2.05) is 0 Å². The molecular weight excluding hydrogens is 262 g/mol. The van der Waals surface area contributed by atoms with E-state index in [1.54, 1.807) is 0 Å². The smallest absolute Gasteiger partial charge is 0.230 e. The lowest BCUT2D eigenvalue weighted by atomic mass is 9.76. The van der Waals surface area contributed by atoms with Gasteiger partial charge in [-0.15, -0.1) is 11.8 Å². The Bertz CT molecular complexity index is 274. The molecule has 5 heteroatoms. The number of thioether (sulfide) groups is 1. The van der Waals surface area contributed by atoms with Gasteiger partial charge in [-0.25, -0.2) is 0 Å². The predicted octanol–water partition coefficient (Wildman–Crippen LogP) is 1.65. The normalized spacial score (nSPS) is 14.3. The third-order valence-electron chi connectivity index (χ3n) is 2.53. The Kier molecular flexibility index (Phi) is 8.01. The number of nitrogens with one attached hydrogen (secondary N) is 1. The maximum Gasteiger partial charge on any atom is 0.230 e. The van der Waals surface area contributed by atoms with Crippen LogP contribution in [0.4, 0.5) is 0 Å². The fraction of sp³-hybridized carbons (Fsp3) is 0.929. The molecule has 0 radical (unpaired) electrons. The van der Waals surface area contributed by atoms with Gasteiger partial charge in [-0.2, -0.15) is 0 Å².